The highest BCUT2D eigenvalue weighted by Gasteiger charge is 2.33. The molecule has 0 N–H and O–H groups in total. The molecular weight excluding hydrogens is 408 g/mol. The fraction of sp³-hybridized carbons (Fsp3) is 0.136. The van der Waals surface area contributed by atoms with Crippen molar-refractivity contribution in [1.82, 2.24) is 4.40 Å². The number of ether oxygens (including phenoxy) is 1. The summed E-state index contributed by atoms with van der Waals surface area (Å²) < 4.78 is 44.2. The Balaban J connectivity index is 0.000000393. The number of fused-ring (bicyclic) bond motifs is 1. The van der Waals surface area contributed by atoms with Crippen molar-refractivity contribution in [3.63, 3.8) is 0 Å². The summed E-state index contributed by atoms with van der Waals surface area (Å²) >= 11 is 0. The van der Waals surface area contributed by atoms with Crippen LogP contribution < -0.4 is 23.2 Å². The highest BCUT2D eigenvalue weighted by atomic mass is 35.7. The number of rotatable bonds is 4. The summed E-state index contributed by atoms with van der Waals surface area (Å²) in [5.41, 5.74) is 6.11. The minimum Gasteiger partial charge on any atom is -0.369 e. The van der Waals surface area contributed by atoms with Gasteiger partial charge in [-0.3, -0.25) is 0 Å². The summed E-state index contributed by atoms with van der Waals surface area (Å²) in [5, 5.41) is 0. The maximum absolute atomic E-state index is 8.49. The van der Waals surface area contributed by atoms with Crippen LogP contribution in [0.4, 0.5) is 0 Å². The summed E-state index contributed by atoms with van der Waals surface area (Å²) in [7, 11) is -4.94. The smallest absolute Gasteiger partial charge is 0.287 e. The average molecular weight is 427 g/mol. The lowest BCUT2D eigenvalue weighted by Crippen LogP contribution is -2.68. The van der Waals surface area contributed by atoms with Crippen LogP contribution in [0.1, 0.15) is 0 Å². The molecular formula is C22H19ClN2O5. The Kier molecular flexibility index (Phi) is 5.83. The Morgan fingerprint density at radius 1 is 0.833 bits per heavy atom. The SMILES string of the molecule is [O-][Cl+3]([O-])([O-])[O-].c1ccc(-c2c(-c3ccccc3)[n+](CC3CO3)c3ccccn23)cc1. The molecule has 3 heterocycles. The van der Waals surface area contributed by atoms with E-state index < -0.39 is 10.2 Å². The van der Waals surface area contributed by atoms with Crippen LogP contribution >= 0.6 is 0 Å². The minimum atomic E-state index is -4.94. The quantitative estimate of drug-likeness (QED) is 0.313. The molecule has 0 spiro atoms. The number of nitrogens with zero attached hydrogens (tertiary/aromatic N) is 2. The van der Waals surface area contributed by atoms with Crippen LogP contribution in [-0.2, 0) is 11.3 Å². The summed E-state index contributed by atoms with van der Waals surface area (Å²) in [4.78, 5) is 0. The molecule has 154 valence electrons. The van der Waals surface area contributed by atoms with E-state index in [9.17, 15) is 0 Å². The van der Waals surface area contributed by atoms with Crippen LogP contribution in [0.5, 0.6) is 0 Å². The molecule has 0 amide bonds. The van der Waals surface area contributed by atoms with E-state index in [0.717, 1.165) is 13.2 Å². The number of imidazole rings is 1. The standard InChI is InChI=1S/C22H19N2O.ClHO4/c1-3-9-17(10-4-1)21-22(18-11-5-2-6-12-18)24(15-19-16-25-19)20-13-7-8-14-23(20)21;2-1(3,4)5/h1-14,19H,15-16H2;(H,2,3,4,5)/q+1;/p-1. The van der Waals surface area contributed by atoms with Crippen LogP contribution in [0.2, 0.25) is 0 Å². The van der Waals surface area contributed by atoms with Crippen molar-refractivity contribution in [2.45, 2.75) is 12.6 Å². The van der Waals surface area contributed by atoms with Gasteiger partial charge in [-0.2, -0.15) is 4.40 Å². The second kappa shape index (κ2) is 8.53. The van der Waals surface area contributed by atoms with E-state index in [2.05, 4.69) is 94.0 Å². The average Bonchev–Trinajstić information content (AvgIpc) is 3.49. The molecule has 1 atom stereocenters. The first-order valence-electron chi connectivity index (χ1n) is 9.29. The number of aromatic nitrogens is 2. The van der Waals surface area contributed by atoms with Crippen molar-refractivity contribution < 1.29 is 38.2 Å². The molecule has 1 aliphatic heterocycles. The lowest BCUT2D eigenvalue weighted by atomic mass is 10.0. The number of epoxide rings is 1. The number of pyridine rings is 1. The first kappa shape index (κ1) is 20.5. The van der Waals surface area contributed by atoms with Crippen LogP contribution in [0.15, 0.2) is 85.1 Å². The van der Waals surface area contributed by atoms with Gasteiger partial charge >= 0.3 is 0 Å². The topological polar surface area (TPSA) is 113 Å². The maximum atomic E-state index is 8.49. The van der Waals surface area contributed by atoms with Crippen LogP contribution in [0.3, 0.4) is 0 Å². The molecule has 30 heavy (non-hydrogen) atoms. The highest BCUT2D eigenvalue weighted by Crippen LogP contribution is 2.32. The molecule has 4 aromatic rings. The van der Waals surface area contributed by atoms with Crippen LogP contribution in [-0.4, -0.2) is 17.1 Å². The van der Waals surface area contributed by atoms with Gasteiger partial charge in [-0.15, -0.1) is 10.2 Å². The summed E-state index contributed by atoms with van der Waals surface area (Å²) in [6, 6.07) is 27.6. The third-order valence-electron chi connectivity index (χ3n) is 4.73. The van der Waals surface area contributed by atoms with E-state index in [-0.39, 0.29) is 0 Å². The molecule has 0 radical (unpaired) electrons. The zero-order valence-electron chi connectivity index (χ0n) is 15.9. The van der Waals surface area contributed by atoms with Gasteiger partial charge < -0.3 is 4.74 Å². The molecule has 0 bridgehead atoms. The predicted octanol–water partition coefficient (Wildman–Crippen LogP) is -0.796. The van der Waals surface area contributed by atoms with Gasteiger partial charge in [0.15, 0.2) is 11.4 Å². The number of hydrogen-bond acceptors (Lipinski definition) is 5. The molecule has 8 heteroatoms. The third-order valence-corrected chi connectivity index (χ3v) is 4.73. The molecule has 1 saturated heterocycles. The van der Waals surface area contributed by atoms with E-state index in [0.29, 0.717) is 6.10 Å². The fourth-order valence-corrected chi connectivity index (χ4v) is 3.52. The van der Waals surface area contributed by atoms with Crippen molar-refractivity contribution >= 4 is 5.65 Å². The van der Waals surface area contributed by atoms with Crippen molar-refractivity contribution in [3.8, 4) is 22.5 Å². The summed E-state index contributed by atoms with van der Waals surface area (Å²) in [6.45, 7) is 1.73. The Morgan fingerprint density at radius 3 is 1.93 bits per heavy atom. The fourth-order valence-electron chi connectivity index (χ4n) is 3.52. The number of benzene rings is 2. The van der Waals surface area contributed by atoms with E-state index in [4.69, 9.17) is 23.4 Å². The second-order valence-corrected chi connectivity index (χ2v) is 7.56. The third kappa shape index (κ3) is 4.85. The van der Waals surface area contributed by atoms with Gasteiger partial charge in [0, 0.05) is 17.2 Å². The minimum absolute atomic E-state index is 0.322. The Morgan fingerprint density at radius 2 is 1.37 bits per heavy atom. The van der Waals surface area contributed by atoms with Gasteiger partial charge in [-0.05, 0) is 6.07 Å². The van der Waals surface area contributed by atoms with E-state index in [1.807, 2.05) is 0 Å². The molecule has 0 aliphatic carbocycles. The van der Waals surface area contributed by atoms with Crippen molar-refractivity contribution in [2.75, 3.05) is 6.61 Å². The molecule has 1 unspecified atom stereocenters. The largest absolute Gasteiger partial charge is 0.369 e. The summed E-state index contributed by atoms with van der Waals surface area (Å²) in [6.07, 6.45) is 2.47. The van der Waals surface area contributed by atoms with Gasteiger partial charge in [0.2, 0.25) is 0 Å². The second-order valence-electron chi connectivity index (χ2n) is 6.80. The lowest BCUT2D eigenvalue weighted by molar-refractivity contribution is -2.00. The number of halogens is 1. The van der Waals surface area contributed by atoms with Crippen molar-refractivity contribution in [1.29, 1.82) is 0 Å². The molecule has 1 fully saturated rings. The normalized spacial score (nSPS) is 15.5. The van der Waals surface area contributed by atoms with Crippen LogP contribution in [0.25, 0.3) is 28.2 Å². The molecule has 2 aromatic heterocycles. The lowest BCUT2D eigenvalue weighted by Gasteiger charge is -2.17. The molecule has 1 aliphatic rings. The van der Waals surface area contributed by atoms with Gasteiger partial charge in [0.05, 0.1) is 12.8 Å². The highest BCUT2D eigenvalue weighted by molar-refractivity contribution is 5.78. The van der Waals surface area contributed by atoms with Gasteiger partial charge in [0.1, 0.15) is 12.6 Å². The molecule has 0 saturated carbocycles. The van der Waals surface area contributed by atoms with Crippen molar-refractivity contribution in [2.24, 2.45) is 0 Å². The Hall–Kier alpha value is -2.78. The van der Waals surface area contributed by atoms with E-state index in [1.54, 1.807) is 0 Å². The first-order valence-corrected chi connectivity index (χ1v) is 10.5. The van der Waals surface area contributed by atoms with Crippen molar-refractivity contribution in [3.05, 3.63) is 85.1 Å². The first-order chi connectivity index (χ1) is 14.4. The van der Waals surface area contributed by atoms with Crippen LogP contribution in [0, 0.1) is 10.2 Å². The maximum Gasteiger partial charge on any atom is 0.287 e. The van der Waals surface area contributed by atoms with Gasteiger partial charge in [0.25, 0.3) is 5.65 Å². The molecule has 5 rings (SSSR count). The zero-order valence-corrected chi connectivity index (χ0v) is 16.6. The molecule has 7 nitrogen and oxygen atoms in total. The Bertz CT molecular complexity index is 1120. The van der Waals surface area contributed by atoms with Gasteiger partial charge in [-0.1, -0.05) is 66.7 Å². The summed E-state index contributed by atoms with van der Waals surface area (Å²) in [5.74, 6) is 0. The number of hydrogen-bond donors (Lipinski definition) is 0. The monoisotopic (exact) mass is 426 g/mol. The molecule has 2 aromatic carbocycles. The van der Waals surface area contributed by atoms with Gasteiger partial charge in [-0.25, -0.2) is 23.2 Å². The zero-order chi connectivity index (χ0) is 21.1. The van der Waals surface area contributed by atoms with E-state index >= 15 is 0 Å². The van der Waals surface area contributed by atoms with E-state index in [1.165, 1.54) is 28.2 Å². The Labute approximate surface area is 175 Å². The predicted molar refractivity (Wildman–Crippen MR) is 98.2 cm³/mol.